The lowest BCUT2D eigenvalue weighted by Gasteiger charge is -2.09. The maximum absolute atomic E-state index is 13.7. The van der Waals surface area contributed by atoms with Crippen LogP contribution >= 0.6 is 0 Å². The van der Waals surface area contributed by atoms with Gasteiger partial charge < -0.3 is 4.74 Å². The molecule has 0 saturated heterocycles. The lowest BCUT2D eigenvalue weighted by molar-refractivity contribution is 0.0600. The topological polar surface area (TPSA) is 72.5 Å². The summed E-state index contributed by atoms with van der Waals surface area (Å²) in [6.07, 6.45) is 0. The van der Waals surface area contributed by atoms with E-state index >= 15 is 0 Å². The maximum atomic E-state index is 13.7. The second-order valence-electron chi connectivity index (χ2n) is 6.20. The minimum atomic E-state index is -3.86. The Labute approximate surface area is 167 Å². The molecule has 0 unspecified atom stereocenters. The van der Waals surface area contributed by atoms with Gasteiger partial charge >= 0.3 is 5.97 Å². The predicted octanol–water partition coefficient (Wildman–Crippen LogP) is 3.90. The van der Waals surface area contributed by atoms with Crippen molar-refractivity contribution in [2.75, 3.05) is 7.11 Å². The highest BCUT2D eigenvalue weighted by atomic mass is 32.2. The molecule has 0 radical (unpaired) electrons. The predicted molar refractivity (Wildman–Crippen MR) is 104 cm³/mol. The second kappa shape index (κ2) is 8.50. The Bertz CT molecular complexity index is 1130. The molecule has 0 amide bonds. The van der Waals surface area contributed by atoms with E-state index in [1.165, 1.54) is 37.4 Å². The van der Waals surface area contributed by atoms with Gasteiger partial charge in [0.1, 0.15) is 11.6 Å². The molecule has 0 fully saturated rings. The number of halogens is 2. The van der Waals surface area contributed by atoms with E-state index in [1.54, 1.807) is 24.3 Å². The van der Waals surface area contributed by atoms with Crippen LogP contribution in [0.4, 0.5) is 8.78 Å². The molecular formula is C21H17F2NO4S. The molecule has 0 aromatic heterocycles. The van der Waals surface area contributed by atoms with Crippen molar-refractivity contribution >= 4 is 16.0 Å². The maximum Gasteiger partial charge on any atom is 0.337 e. The molecular weight excluding hydrogens is 400 g/mol. The monoisotopic (exact) mass is 417 g/mol. The quantitative estimate of drug-likeness (QED) is 0.618. The molecule has 8 heteroatoms. The highest BCUT2D eigenvalue weighted by Crippen LogP contribution is 2.22. The Hall–Kier alpha value is -3.10. The van der Waals surface area contributed by atoms with Crippen molar-refractivity contribution in [2.24, 2.45) is 0 Å². The van der Waals surface area contributed by atoms with Crippen LogP contribution in [0, 0.1) is 11.6 Å². The Balaban J connectivity index is 1.75. The Morgan fingerprint density at radius 1 is 0.897 bits per heavy atom. The van der Waals surface area contributed by atoms with Gasteiger partial charge in [0.2, 0.25) is 10.0 Å². The lowest BCUT2D eigenvalue weighted by Crippen LogP contribution is -2.23. The molecule has 0 bridgehead atoms. The molecule has 5 nitrogen and oxygen atoms in total. The van der Waals surface area contributed by atoms with Gasteiger partial charge in [-0.1, -0.05) is 24.3 Å². The second-order valence-corrected chi connectivity index (χ2v) is 7.96. The first-order valence-electron chi connectivity index (χ1n) is 8.52. The van der Waals surface area contributed by atoms with E-state index in [-0.39, 0.29) is 28.4 Å². The number of methoxy groups -OCH3 is 1. The number of carbonyl (C=O) groups is 1. The SMILES string of the molecule is COC(=O)c1cc(F)cc(CNS(=O)(=O)c2ccc(-c3ccc(F)cc3)cc2)c1. The number of sulfonamides is 1. The standard InChI is InChI=1S/C21H17F2NO4S/c1-28-21(25)17-10-14(11-19(23)12-17)13-24-29(26,27)20-8-4-16(5-9-20)15-2-6-18(22)7-3-15/h2-12,24H,13H2,1H3. The number of ether oxygens (including phenoxy) is 1. The van der Waals surface area contributed by atoms with E-state index in [2.05, 4.69) is 9.46 Å². The summed E-state index contributed by atoms with van der Waals surface area (Å²) in [7, 11) is -2.69. The van der Waals surface area contributed by atoms with Gasteiger partial charge in [-0.15, -0.1) is 0 Å². The lowest BCUT2D eigenvalue weighted by atomic mass is 10.1. The van der Waals surface area contributed by atoms with Crippen molar-refractivity contribution in [1.82, 2.24) is 4.72 Å². The number of nitrogens with one attached hydrogen (secondary N) is 1. The van der Waals surface area contributed by atoms with Crippen LogP contribution in [0.2, 0.25) is 0 Å². The van der Waals surface area contributed by atoms with Gasteiger partial charge in [0.25, 0.3) is 0 Å². The van der Waals surface area contributed by atoms with E-state index in [0.717, 1.165) is 23.3 Å². The van der Waals surface area contributed by atoms with Gasteiger partial charge in [-0.25, -0.2) is 26.7 Å². The fraction of sp³-hybridized carbons (Fsp3) is 0.0952. The molecule has 0 atom stereocenters. The normalized spacial score (nSPS) is 11.3. The average Bonchev–Trinajstić information content (AvgIpc) is 2.72. The third-order valence-electron chi connectivity index (χ3n) is 4.19. The average molecular weight is 417 g/mol. The molecule has 0 aliphatic rings. The third-order valence-corrected chi connectivity index (χ3v) is 5.60. The van der Waals surface area contributed by atoms with Crippen LogP contribution < -0.4 is 4.72 Å². The zero-order chi connectivity index (χ0) is 21.0. The summed E-state index contributed by atoms with van der Waals surface area (Å²) in [5.74, 6) is -1.75. The summed E-state index contributed by atoms with van der Waals surface area (Å²) in [6, 6.07) is 15.4. The minimum Gasteiger partial charge on any atom is -0.465 e. The van der Waals surface area contributed by atoms with Crippen molar-refractivity contribution in [3.05, 3.63) is 89.5 Å². The highest BCUT2D eigenvalue weighted by Gasteiger charge is 2.15. The van der Waals surface area contributed by atoms with E-state index < -0.39 is 21.8 Å². The fourth-order valence-corrected chi connectivity index (χ4v) is 3.74. The summed E-state index contributed by atoms with van der Waals surface area (Å²) in [4.78, 5) is 11.6. The van der Waals surface area contributed by atoms with Crippen LogP contribution in [-0.2, 0) is 21.3 Å². The van der Waals surface area contributed by atoms with E-state index in [1.807, 2.05) is 0 Å². The molecule has 3 aromatic rings. The van der Waals surface area contributed by atoms with Crippen molar-refractivity contribution < 1.29 is 26.7 Å². The van der Waals surface area contributed by atoms with Crippen LogP contribution in [0.3, 0.4) is 0 Å². The van der Waals surface area contributed by atoms with Crippen LogP contribution in [-0.4, -0.2) is 21.5 Å². The number of hydrogen-bond donors (Lipinski definition) is 1. The van der Waals surface area contributed by atoms with Crippen molar-refractivity contribution in [3.63, 3.8) is 0 Å². The van der Waals surface area contributed by atoms with Crippen LogP contribution in [0.15, 0.2) is 71.6 Å². The van der Waals surface area contributed by atoms with Gasteiger partial charge in [0, 0.05) is 6.54 Å². The van der Waals surface area contributed by atoms with Gasteiger partial charge in [-0.2, -0.15) is 0 Å². The summed E-state index contributed by atoms with van der Waals surface area (Å²) in [5, 5.41) is 0. The molecule has 0 heterocycles. The molecule has 0 spiro atoms. The molecule has 3 rings (SSSR count). The number of esters is 1. The Morgan fingerprint density at radius 2 is 1.48 bits per heavy atom. The number of carbonyl (C=O) groups excluding carboxylic acids is 1. The van der Waals surface area contributed by atoms with Crippen LogP contribution in [0.1, 0.15) is 15.9 Å². The van der Waals surface area contributed by atoms with Crippen LogP contribution in [0.25, 0.3) is 11.1 Å². The van der Waals surface area contributed by atoms with E-state index in [4.69, 9.17) is 0 Å². The molecule has 0 aliphatic carbocycles. The van der Waals surface area contributed by atoms with E-state index in [9.17, 15) is 22.0 Å². The fourth-order valence-electron chi connectivity index (χ4n) is 2.72. The minimum absolute atomic E-state index is 0.00894. The van der Waals surface area contributed by atoms with Crippen molar-refractivity contribution in [1.29, 1.82) is 0 Å². The first kappa shape index (κ1) is 20.6. The third kappa shape index (κ3) is 5.04. The smallest absolute Gasteiger partial charge is 0.337 e. The summed E-state index contributed by atoms with van der Waals surface area (Å²) in [6.45, 7) is -0.205. The van der Waals surface area contributed by atoms with Crippen molar-refractivity contribution in [3.8, 4) is 11.1 Å². The van der Waals surface area contributed by atoms with Crippen LogP contribution in [0.5, 0.6) is 0 Å². The molecule has 0 saturated carbocycles. The first-order valence-corrected chi connectivity index (χ1v) is 10.0. The zero-order valence-corrected chi connectivity index (χ0v) is 16.2. The first-order chi connectivity index (χ1) is 13.8. The number of hydrogen-bond acceptors (Lipinski definition) is 4. The van der Waals surface area contributed by atoms with Gasteiger partial charge in [0.05, 0.1) is 17.6 Å². The van der Waals surface area contributed by atoms with Gasteiger partial charge in [-0.3, -0.25) is 0 Å². The van der Waals surface area contributed by atoms with Gasteiger partial charge in [0.15, 0.2) is 0 Å². The molecule has 1 N–H and O–H groups in total. The van der Waals surface area contributed by atoms with Gasteiger partial charge in [-0.05, 0) is 59.2 Å². The summed E-state index contributed by atoms with van der Waals surface area (Å²) < 4.78 is 58.7. The van der Waals surface area contributed by atoms with Crippen molar-refractivity contribution in [2.45, 2.75) is 11.4 Å². The molecule has 29 heavy (non-hydrogen) atoms. The molecule has 3 aromatic carbocycles. The number of benzene rings is 3. The Morgan fingerprint density at radius 3 is 2.07 bits per heavy atom. The molecule has 150 valence electrons. The molecule has 0 aliphatic heterocycles. The van der Waals surface area contributed by atoms with E-state index in [0.29, 0.717) is 0 Å². The highest BCUT2D eigenvalue weighted by molar-refractivity contribution is 7.89. The number of rotatable bonds is 6. The summed E-state index contributed by atoms with van der Waals surface area (Å²) in [5.41, 5.74) is 1.75. The zero-order valence-electron chi connectivity index (χ0n) is 15.4. The summed E-state index contributed by atoms with van der Waals surface area (Å²) >= 11 is 0. The largest absolute Gasteiger partial charge is 0.465 e. The Kier molecular flexibility index (Phi) is 6.05.